The van der Waals surface area contributed by atoms with Crippen LogP contribution in [0.15, 0.2) is 174 Å². The van der Waals surface area contributed by atoms with E-state index < -0.39 is 0 Å². The number of benzene rings is 7. The summed E-state index contributed by atoms with van der Waals surface area (Å²) < 4.78 is 8.97. The van der Waals surface area contributed by atoms with Crippen molar-refractivity contribution in [2.45, 2.75) is 0 Å². The lowest BCUT2D eigenvalue weighted by Crippen LogP contribution is -1.94. The molecule has 0 N–H and O–H groups in total. The van der Waals surface area contributed by atoms with E-state index >= 15 is 0 Å². The van der Waals surface area contributed by atoms with Crippen molar-refractivity contribution in [3.05, 3.63) is 170 Å². The Bertz CT molecular complexity index is 2880. The molecule has 10 rings (SSSR count). The Kier molecular flexibility index (Phi) is 6.68. The maximum Gasteiger partial charge on any atom is 0.180 e. The van der Waals surface area contributed by atoms with Gasteiger partial charge in [0.1, 0.15) is 16.8 Å². The van der Waals surface area contributed by atoms with Gasteiger partial charge in [-0.2, -0.15) is 0 Å². The minimum atomic E-state index is 0.672. The number of nitrogens with zero attached hydrogens (tertiary/aromatic N) is 2. The second-order valence-corrected chi connectivity index (χ2v) is 13.6. The van der Waals surface area contributed by atoms with Crippen LogP contribution >= 0.6 is 11.3 Å². The second-order valence-electron chi connectivity index (χ2n) is 12.6. The van der Waals surface area contributed by atoms with Crippen LogP contribution in [0.2, 0.25) is 0 Å². The van der Waals surface area contributed by atoms with Crippen LogP contribution in [0.5, 0.6) is 0 Å². The Morgan fingerprint density at radius 3 is 1.70 bits per heavy atom. The first-order valence-corrected chi connectivity index (χ1v) is 17.6. The first-order valence-electron chi connectivity index (χ1n) is 16.7. The van der Waals surface area contributed by atoms with Gasteiger partial charge in [-0.15, -0.1) is 11.3 Å². The zero-order valence-corrected chi connectivity index (χ0v) is 27.7. The Morgan fingerprint density at radius 2 is 0.960 bits per heavy atom. The van der Waals surface area contributed by atoms with Crippen molar-refractivity contribution >= 4 is 53.6 Å². The van der Waals surface area contributed by atoms with Crippen molar-refractivity contribution in [1.82, 2.24) is 9.97 Å². The SMILES string of the molecule is c1ccc(-c2cccc(-c3cccc(-c4cccc(-c5nc(-c6cccc7c6sc6ccccc67)c6oc7ccccc7c6n5)c4)c3)c2)cc1. The molecule has 0 fully saturated rings. The Labute approximate surface area is 292 Å². The summed E-state index contributed by atoms with van der Waals surface area (Å²) in [6, 6.07) is 59.8. The number of hydrogen-bond acceptors (Lipinski definition) is 4. The summed E-state index contributed by atoms with van der Waals surface area (Å²) in [5, 5.41) is 3.47. The number of furan rings is 1. The molecule has 0 spiro atoms. The standard InChI is InChI=1S/C46H28N2OS/c1-2-12-29(13-3-1)30-14-8-15-31(26-30)32-16-9-17-33(27-32)34-18-10-19-35(28-34)46-47-42-38-21-4-6-24-40(38)49-44(42)43(48-46)39-23-11-22-37-36-20-5-7-25-41(36)50-45(37)39/h1-28H. The van der Waals surface area contributed by atoms with Crippen LogP contribution in [0.1, 0.15) is 0 Å². The average Bonchev–Trinajstić information content (AvgIpc) is 3.77. The number of rotatable bonds is 5. The monoisotopic (exact) mass is 656 g/mol. The first kappa shape index (κ1) is 28.6. The maximum atomic E-state index is 6.52. The van der Waals surface area contributed by atoms with Gasteiger partial charge in [0.25, 0.3) is 0 Å². The molecule has 50 heavy (non-hydrogen) atoms. The van der Waals surface area contributed by atoms with E-state index in [0.717, 1.165) is 44.4 Å². The summed E-state index contributed by atoms with van der Waals surface area (Å²) in [5.74, 6) is 0.672. The van der Waals surface area contributed by atoms with Crippen LogP contribution < -0.4 is 0 Å². The molecule has 0 bridgehead atoms. The molecule has 3 nitrogen and oxygen atoms in total. The van der Waals surface area contributed by atoms with Crippen LogP contribution in [-0.2, 0) is 0 Å². The van der Waals surface area contributed by atoms with Crippen molar-refractivity contribution in [3.63, 3.8) is 0 Å². The van der Waals surface area contributed by atoms with E-state index in [-0.39, 0.29) is 0 Å². The van der Waals surface area contributed by atoms with Gasteiger partial charge in [-0.05, 0) is 69.8 Å². The second kappa shape index (κ2) is 11.7. The molecule has 4 heteroatoms. The van der Waals surface area contributed by atoms with E-state index in [1.54, 1.807) is 11.3 Å². The summed E-state index contributed by atoms with van der Waals surface area (Å²) in [6.45, 7) is 0. The van der Waals surface area contributed by atoms with E-state index in [4.69, 9.17) is 14.4 Å². The minimum Gasteiger partial charge on any atom is -0.452 e. The molecular weight excluding hydrogens is 629 g/mol. The summed E-state index contributed by atoms with van der Waals surface area (Å²) in [6.07, 6.45) is 0. The van der Waals surface area contributed by atoms with Gasteiger partial charge in [-0.1, -0.05) is 133 Å². The molecule has 0 atom stereocenters. The molecule has 0 aliphatic carbocycles. The van der Waals surface area contributed by atoms with Crippen molar-refractivity contribution < 1.29 is 4.42 Å². The molecule has 0 radical (unpaired) electrons. The van der Waals surface area contributed by atoms with Crippen LogP contribution in [0.4, 0.5) is 0 Å². The predicted octanol–water partition coefficient (Wildman–Crippen LogP) is 13.1. The van der Waals surface area contributed by atoms with E-state index in [1.165, 1.54) is 42.4 Å². The molecule has 234 valence electrons. The number of aromatic nitrogens is 2. The van der Waals surface area contributed by atoms with Crippen LogP contribution in [0.3, 0.4) is 0 Å². The molecule has 7 aromatic carbocycles. The lowest BCUT2D eigenvalue weighted by atomic mass is 9.95. The number of fused-ring (bicyclic) bond motifs is 6. The average molecular weight is 657 g/mol. The van der Waals surface area contributed by atoms with Gasteiger partial charge in [0.05, 0.1) is 0 Å². The molecule has 0 aliphatic heterocycles. The maximum absolute atomic E-state index is 6.52. The molecule has 10 aromatic rings. The molecule has 3 heterocycles. The molecule has 3 aromatic heterocycles. The predicted molar refractivity (Wildman–Crippen MR) is 209 cm³/mol. The van der Waals surface area contributed by atoms with Crippen molar-refractivity contribution in [2.24, 2.45) is 0 Å². The van der Waals surface area contributed by atoms with E-state index in [0.29, 0.717) is 11.4 Å². The Morgan fingerprint density at radius 1 is 0.420 bits per heavy atom. The van der Waals surface area contributed by atoms with E-state index in [1.807, 2.05) is 18.2 Å². The first-order chi connectivity index (χ1) is 24.8. The highest BCUT2D eigenvalue weighted by Crippen LogP contribution is 2.43. The fourth-order valence-corrected chi connectivity index (χ4v) is 8.28. The number of hydrogen-bond donors (Lipinski definition) is 0. The fraction of sp³-hybridized carbons (Fsp3) is 0. The quantitative estimate of drug-likeness (QED) is 0.185. The molecule has 0 saturated heterocycles. The zero-order chi connectivity index (χ0) is 33.0. The smallest absolute Gasteiger partial charge is 0.180 e. The van der Waals surface area contributed by atoms with Crippen molar-refractivity contribution in [2.75, 3.05) is 0 Å². The number of thiophene rings is 1. The van der Waals surface area contributed by atoms with Crippen LogP contribution in [-0.4, -0.2) is 9.97 Å². The van der Waals surface area contributed by atoms with Gasteiger partial charge in [0.15, 0.2) is 11.4 Å². The van der Waals surface area contributed by atoms with Gasteiger partial charge in [0, 0.05) is 36.7 Å². The third-order valence-electron chi connectivity index (χ3n) is 9.50. The summed E-state index contributed by atoms with van der Waals surface area (Å²) >= 11 is 1.80. The van der Waals surface area contributed by atoms with Gasteiger partial charge in [0.2, 0.25) is 0 Å². The molecule has 0 unspecified atom stereocenters. The van der Waals surface area contributed by atoms with Gasteiger partial charge in [-0.3, -0.25) is 0 Å². The molecule has 0 aliphatic rings. The van der Waals surface area contributed by atoms with Gasteiger partial charge in [-0.25, -0.2) is 9.97 Å². The lowest BCUT2D eigenvalue weighted by Gasteiger charge is -2.10. The summed E-state index contributed by atoms with van der Waals surface area (Å²) in [7, 11) is 0. The Balaban J connectivity index is 1.11. The van der Waals surface area contributed by atoms with Crippen LogP contribution in [0, 0.1) is 0 Å². The van der Waals surface area contributed by atoms with Crippen LogP contribution in [0.25, 0.3) is 98.3 Å². The summed E-state index contributed by atoms with van der Waals surface area (Å²) in [4.78, 5) is 10.5. The third kappa shape index (κ3) is 4.80. The molecule has 0 saturated carbocycles. The fourth-order valence-electron chi connectivity index (χ4n) is 7.06. The topological polar surface area (TPSA) is 38.9 Å². The minimum absolute atomic E-state index is 0.672. The lowest BCUT2D eigenvalue weighted by molar-refractivity contribution is 0.667. The van der Waals surface area contributed by atoms with Gasteiger partial charge >= 0.3 is 0 Å². The third-order valence-corrected chi connectivity index (χ3v) is 10.7. The van der Waals surface area contributed by atoms with E-state index in [2.05, 4.69) is 152 Å². The molecule has 0 amide bonds. The largest absolute Gasteiger partial charge is 0.452 e. The highest BCUT2D eigenvalue weighted by molar-refractivity contribution is 7.26. The normalized spacial score (nSPS) is 11.6. The number of para-hydroxylation sites is 1. The van der Waals surface area contributed by atoms with Gasteiger partial charge < -0.3 is 4.42 Å². The summed E-state index contributed by atoms with van der Waals surface area (Å²) in [5.41, 5.74) is 12.2. The van der Waals surface area contributed by atoms with Crippen molar-refractivity contribution in [3.8, 4) is 56.0 Å². The zero-order valence-electron chi connectivity index (χ0n) is 26.9. The Hall–Kier alpha value is -6.36. The highest BCUT2D eigenvalue weighted by atomic mass is 32.1. The van der Waals surface area contributed by atoms with Crippen molar-refractivity contribution in [1.29, 1.82) is 0 Å². The molecular formula is C46H28N2OS. The van der Waals surface area contributed by atoms with E-state index in [9.17, 15) is 0 Å². The highest BCUT2D eigenvalue weighted by Gasteiger charge is 2.21.